The average Bonchev–Trinajstić information content (AvgIpc) is 3.42. The molecule has 7 nitrogen and oxygen atoms in total. The molecule has 0 fully saturated rings. The normalized spacial score (nSPS) is 10.5. The summed E-state index contributed by atoms with van der Waals surface area (Å²) in [6, 6.07) is 38.4. The SMILES string of the molecule is COC(=O)Nc1nc2ccc(Sc3ccccc3)cc2[nH]1.Cc1cccc(N(C)C(=S)Oc2ccc3ccccc3c2)c1. The number of aromatic nitrogens is 2. The third-order valence-electron chi connectivity index (χ3n) is 6.43. The zero-order chi connectivity index (χ0) is 30.2. The minimum atomic E-state index is -0.548. The Morgan fingerprint density at radius 2 is 1.63 bits per heavy atom. The van der Waals surface area contributed by atoms with E-state index in [1.807, 2.05) is 90.8 Å². The molecule has 0 atom stereocenters. The number of nitrogens with zero attached hydrogens (tertiary/aromatic N) is 2. The topological polar surface area (TPSA) is 79.5 Å². The molecule has 0 bridgehead atoms. The molecule has 5 aromatic carbocycles. The molecule has 0 saturated heterocycles. The average molecular weight is 607 g/mol. The number of hydrogen-bond donors (Lipinski definition) is 2. The molecule has 43 heavy (non-hydrogen) atoms. The second-order valence-corrected chi connectivity index (χ2v) is 11.1. The summed E-state index contributed by atoms with van der Waals surface area (Å²) >= 11 is 7.08. The van der Waals surface area contributed by atoms with Gasteiger partial charge in [0.1, 0.15) is 5.75 Å². The number of thiocarbonyl (C=S) groups is 1. The maximum Gasteiger partial charge on any atom is 0.413 e. The largest absolute Gasteiger partial charge is 0.453 e. The van der Waals surface area contributed by atoms with Crippen molar-refractivity contribution in [3.05, 3.63) is 121 Å². The highest BCUT2D eigenvalue weighted by molar-refractivity contribution is 7.99. The van der Waals surface area contributed by atoms with Crippen molar-refractivity contribution in [1.29, 1.82) is 0 Å². The fraction of sp³-hybridized carbons (Fsp3) is 0.0882. The van der Waals surface area contributed by atoms with Crippen LogP contribution in [0, 0.1) is 6.92 Å². The van der Waals surface area contributed by atoms with Crippen LogP contribution < -0.4 is 15.0 Å². The molecule has 0 spiro atoms. The Hall–Kier alpha value is -4.86. The first-order valence-electron chi connectivity index (χ1n) is 13.5. The van der Waals surface area contributed by atoms with Crippen LogP contribution >= 0.6 is 24.0 Å². The number of carbonyl (C=O) groups excluding carboxylic acids is 1. The summed E-state index contributed by atoms with van der Waals surface area (Å²) in [4.78, 5) is 22.6. The molecular weight excluding hydrogens is 577 g/mol. The van der Waals surface area contributed by atoms with Gasteiger partial charge in [-0.05, 0) is 90.1 Å². The first-order valence-corrected chi connectivity index (χ1v) is 14.7. The summed E-state index contributed by atoms with van der Waals surface area (Å²) in [7, 11) is 3.23. The number of rotatable bonds is 5. The monoisotopic (exact) mass is 606 g/mol. The van der Waals surface area contributed by atoms with Crippen molar-refractivity contribution in [3.8, 4) is 5.75 Å². The maximum absolute atomic E-state index is 11.2. The lowest BCUT2D eigenvalue weighted by Gasteiger charge is -2.20. The van der Waals surface area contributed by atoms with E-state index in [1.54, 1.807) is 11.8 Å². The van der Waals surface area contributed by atoms with Gasteiger partial charge in [0.05, 0.1) is 18.1 Å². The van der Waals surface area contributed by atoms with E-state index in [2.05, 4.69) is 63.3 Å². The Morgan fingerprint density at radius 3 is 2.40 bits per heavy atom. The number of amides is 1. The van der Waals surface area contributed by atoms with Gasteiger partial charge >= 0.3 is 6.09 Å². The molecule has 9 heteroatoms. The molecule has 0 aliphatic carbocycles. The third-order valence-corrected chi connectivity index (χ3v) is 7.78. The van der Waals surface area contributed by atoms with Crippen molar-refractivity contribution in [2.75, 3.05) is 24.4 Å². The number of benzene rings is 5. The lowest BCUT2D eigenvalue weighted by atomic mass is 10.1. The van der Waals surface area contributed by atoms with Gasteiger partial charge in [-0.3, -0.25) is 5.32 Å². The number of nitrogens with one attached hydrogen (secondary N) is 2. The zero-order valence-electron chi connectivity index (χ0n) is 23.9. The quantitative estimate of drug-likeness (QED) is 0.190. The molecule has 6 aromatic rings. The lowest BCUT2D eigenvalue weighted by Crippen LogP contribution is -2.29. The van der Waals surface area contributed by atoms with Gasteiger partial charge < -0.3 is 19.4 Å². The third kappa shape index (κ3) is 7.91. The summed E-state index contributed by atoms with van der Waals surface area (Å²) in [6.45, 7) is 2.06. The van der Waals surface area contributed by atoms with Crippen LogP contribution in [0.4, 0.5) is 16.4 Å². The van der Waals surface area contributed by atoms with E-state index in [-0.39, 0.29) is 0 Å². The van der Waals surface area contributed by atoms with E-state index in [1.165, 1.54) is 23.0 Å². The molecule has 1 amide bonds. The second-order valence-electron chi connectivity index (χ2n) is 9.57. The summed E-state index contributed by atoms with van der Waals surface area (Å²) in [6.07, 6.45) is -0.548. The molecule has 1 aromatic heterocycles. The van der Waals surface area contributed by atoms with Crippen molar-refractivity contribution in [2.45, 2.75) is 16.7 Å². The molecule has 216 valence electrons. The molecule has 0 radical (unpaired) electrons. The highest BCUT2D eigenvalue weighted by atomic mass is 32.2. The maximum atomic E-state index is 11.2. The fourth-order valence-electron chi connectivity index (χ4n) is 4.23. The molecule has 2 N–H and O–H groups in total. The minimum Gasteiger partial charge on any atom is -0.453 e. The van der Waals surface area contributed by atoms with Crippen LogP contribution in [0.3, 0.4) is 0 Å². The smallest absolute Gasteiger partial charge is 0.413 e. The number of aromatic amines is 1. The molecule has 6 rings (SSSR count). The Labute approximate surface area is 259 Å². The number of ether oxygens (including phenoxy) is 2. The van der Waals surface area contributed by atoms with Gasteiger partial charge in [-0.25, -0.2) is 9.78 Å². The number of carbonyl (C=O) groups is 1. The predicted molar refractivity (Wildman–Crippen MR) is 179 cm³/mol. The van der Waals surface area contributed by atoms with Crippen molar-refractivity contribution >= 4 is 68.7 Å². The first-order chi connectivity index (χ1) is 20.9. The van der Waals surface area contributed by atoms with Crippen LogP contribution in [0.5, 0.6) is 5.75 Å². The van der Waals surface area contributed by atoms with Crippen LogP contribution in [0.1, 0.15) is 5.56 Å². The number of H-pyrrole nitrogens is 1. The first kappa shape index (κ1) is 29.6. The van der Waals surface area contributed by atoms with Crippen molar-refractivity contribution < 1.29 is 14.3 Å². The highest BCUT2D eigenvalue weighted by Gasteiger charge is 2.10. The lowest BCUT2D eigenvalue weighted by molar-refractivity contribution is 0.186. The molecule has 1 heterocycles. The van der Waals surface area contributed by atoms with Gasteiger partial charge in [-0.15, -0.1) is 0 Å². The van der Waals surface area contributed by atoms with Crippen molar-refractivity contribution in [2.24, 2.45) is 0 Å². The summed E-state index contributed by atoms with van der Waals surface area (Å²) in [5.74, 6) is 1.13. The number of fused-ring (bicyclic) bond motifs is 2. The highest BCUT2D eigenvalue weighted by Crippen LogP contribution is 2.30. The van der Waals surface area contributed by atoms with Gasteiger partial charge in [0, 0.05) is 22.5 Å². The Bertz CT molecular complexity index is 1870. The summed E-state index contributed by atoms with van der Waals surface area (Å²) in [5, 5.41) is 5.27. The van der Waals surface area contributed by atoms with Crippen LogP contribution in [0.25, 0.3) is 21.8 Å². The number of hydrogen-bond acceptors (Lipinski definition) is 6. The van der Waals surface area contributed by atoms with Crippen LogP contribution in [0.2, 0.25) is 0 Å². The molecule has 0 aliphatic rings. The zero-order valence-corrected chi connectivity index (χ0v) is 25.5. The Balaban J connectivity index is 0.000000171. The molecular formula is C34H30N4O3S2. The van der Waals surface area contributed by atoms with Gasteiger partial charge in [-0.2, -0.15) is 0 Å². The van der Waals surface area contributed by atoms with Gasteiger partial charge in [0.2, 0.25) is 5.95 Å². The van der Waals surface area contributed by atoms with Crippen molar-refractivity contribution in [1.82, 2.24) is 9.97 Å². The van der Waals surface area contributed by atoms with E-state index >= 15 is 0 Å². The van der Waals surface area contributed by atoms with E-state index in [4.69, 9.17) is 17.0 Å². The molecule has 0 aliphatic heterocycles. The van der Waals surface area contributed by atoms with Gasteiger partial charge in [-0.1, -0.05) is 72.4 Å². The van der Waals surface area contributed by atoms with Crippen LogP contribution in [0.15, 0.2) is 125 Å². The van der Waals surface area contributed by atoms with E-state index < -0.39 is 6.09 Å². The molecule has 0 unspecified atom stereocenters. The predicted octanol–water partition coefficient (Wildman–Crippen LogP) is 8.84. The number of anilines is 2. The van der Waals surface area contributed by atoms with E-state index in [9.17, 15) is 4.79 Å². The van der Waals surface area contributed by atoms with Crippen LogP contribution in [-0.2, 0) is 4.74 Å². The second kappa shape index (κ2) is 13.9. The summed E-state index contributed by atoms with van der Waals surface area (Å²) < 4.78 is 10.4. The van der Waals surface area contributed by atoms with Crippen LogP contribution in [-0.4, -0.2) is 35.4 Å². The van der Waals surface area contributed by atoms with E-state index in [0.717, 1.165) is 32.8 Å². The van der Waals surface area contributed by atoms with Gasteiger partial charge in [0.15, 0.2) is 0 Å². The van der Waals surface area contributed by atoms with Gasteiger partial charge in [0.25, 0.3) is 5.17 Å². The Morgan fingerprint density at radius 1 is 0.860 bits per heavy atom. The summed E-state index contributed by atoms with van der Waals surface area (Å²) in [5.41, 5.74) is 3.87. The Kier molecular flexibility index (Phi) is 9.56. The fourth-order valence-corrected chi connectivity index (χ4v) is 5.31. The number of imidazole rings is 1. The van der Waals surface area contributed by atoms with Crippen molar-refractivity contribution in [3.63, 3.8) is 0 Å². The molecule has 0 saturated carbocycles. The number of aryl methyl sites for hydroxylation is 1. The van der Waals surface area contributed by atoms with E-state index in [0.29, 0.717) is 11.1 Å². The number of methoxy groups -OCH3 is 1. The standard InChI is InChI=1S/C19H17NOS.C15H13N3O2S/c1-14-6-5-9-17(12-14)20(2)19(22)21-18-11-10-15-7-3-4-8-16(15)13-18;1-20-15(19)18-14-16-12-8-7-11(9-13(12)17-14)21-10-5-3-2-4-6-10/h3-13H,1-2H3;2-9H,1H3,(H2,16,17,18,19). The minimum absolute atomic E-state index is 0.374.